The monoisotopic (exact) mass is 359 g/mol. The lowest BCUT2D eigenvalue weighted by Gasteiger charge is -2.46. The van der Waals surface area contributed by atoms with E-state index in [1.54, 1.807) is 0 Å². The molecule has 25 heavy (non-hydrogen) atoms. The molecule has 1 spiro atoms. The Morgan fingerprint density at radius 1 is 1.04 bits per heavy atom. The molecule has 1 aromatic carbocycles. The number of aromatic nitrogens is 2. The van der Waals surface area contributed by atoms with Gasteiger partial charge in [0, 0.05) is 30.5 Å². The fraction of sp³-hybridized carbons (Fsp3) is 0.579. The first-order chi connectivity index (χ1) is 12.1. The maximum atomic E-state index is 6.13. The summed E-state index contributed by atoms with van der Waals surface area (Å²) in [5, 5.41) is 4.88. The molecule has 0 amide bonds. The lowest BCUT2D eigenvalue weighted by molar-refractivity contribution is 0.0941. The lowest BCUT2D eigenvalue weighted by atomic mass is 9.71. The van der Waals surface area contributed by atoms with Gasteiger partial charge in [-0.15, -0.1) is 0 Å². The highest BCUT2D eigenvalue weighted by molar-refractivity contribution is 6.31. The van der Waals surface area contributed by atoms with Crippen LogP contribution < -0.4 is 10.2 Å². The van der Waals surface area contributed by atoms with Gasteiger partial charge in [0.2, 0.25) is 5.95 Å². The molecule has 2 aliphatic rings. The van der Waals surface area contributed by atoms with Crippen molar-refractivity contribution in [1.82, 2.24) is 14.9 Å². The van der Waals surface area contributed by atoms with Gasteiger partial charge >= 0.3 is 0 Å². The Bertz CT molecular complexity index is 760. The fourth-order valence-electron chi connectivity index (χ4n) is 4.19. The van der Waals surface area contributed by atoms with Crippen molar-refractivity contribution in [2.45, 2.75) is 25.7 Å². The number of hydrogen-bond acceptors (Lipinski definition) is 5. The third-order valence-electron chi connectivity index (χ3n) is 6.04. The van der Waals surface area contributed by atoms with E-state index in [1.165, 1.54) is 38.8 Å². The van der Waals surface area contributed by atoms with Crippen molar-refractivity contribution in [2.75, 3.05) is 50.5 Å². The molecule has 1 N–H and O–H groups in total. The number of halogens is 1. The number of fused-ring (bicyclic) bond motifs is 1. The largest absolute Gasteiger partial charge is 0.372 e. The number of nitrogens with one attached hydrogen (secondary N) is 1. The van der Waals surface area contributed by atoms with Crippen LogP contribution in [0.1, 0.15) is 25.7 Å². The number of rotatable bonds is 2. The van der Waals surface area contributed by atoms with Crippen molar-refractivity contribution < 1.29 is 0 Å². The van der Waals surface area contributed by atoms with Gasteiger partial charge in [0.1, 0.15) is 5.82 Å². The average molecular weight is 360 g/mol. The number of likely N-dealkylation sites (tertiary alicyclic amines) is 1. The Morgan fingerprint density at radius 3 is 2.40 bits per heavy atom. The zero-order valence-electron chi connectivity index (χ0n) is 15.1. The van der Waals surface area contributed by atoms with Crippen LogP contribution in [0.3, 0.4) is 0 Å². The van der Waals surface area contributed by atoms with E-state index in [4.69, 9.17) is 21.6 Å². The molecule has 2 aliphatic heterocycles. The summed E-state index contributed by atoms with van der Waals surface area (Å²) in [5.41, 5.74) is 1.48. The van der Waals surface area contributed by atoms with Crippen LogP contribution >= 0.6 is 11.6 Å². The highest BCUT2D eigenvalue weighted by Gasteiger charge is 2.37. The highest BCUT2D eigenvalue weighted by Crippen LogP contribution is 2.41. The Hall–Kier alpha value is -1.59. The Morgan fingerprint density at radius 2 is 1.72 bits per heavy atom. The summed E-state index contributed by atoms with van der Waals surface area (Å²) >= 11 is 6.13. The molecule has 2 saturated heterocycles. The van der Waals surface area contributed by atoms with Crippen molar-refractivity contribution in [3.05, 3.63) is 23.2 Å². The van der Waals surface area contributed by atoms with Gasteiger partial charge in [0.25, 0.3) is 0 Å². The summed E-state index contributed by atoms with van der Waals surface area (Å²) in [7, 11) is 4.13. The first-order valence-electron chi connectivity index (χ1n) is 9.17. The van der Waals surface area contributed by atoms with Crippen molar-refractivity contribution in [3.8, 4) is 0 Å². The molecular formula is C19H26ClN5. The minimum atomic E-state index is 0.541. The maximum Gasteiger partial charge on any atom is 0.227 e. The molecule has 1 aromatic heterocycles. The normalized spacial score (nSPS) is 21.0. The zero-order valence-corrected chi connectivity index (χ0v) is 15.8. The maximum absolute atomic E-state index is 6.13. The van der Waals surface area contributed by atoms with Crippen LogP contribution in [0.4, 0.5) is 11.8 Å². The molecule has 0 atom stereocenters. The second kappa shape index (κ2) is 6.61. The smallest absolute Gasteiger partial charge is 0.227 e. The van der Waals surface area contributed by atoms with Crippen molar-refractivity contribution in [2.24, 2.45) is 5.41 Å². The third kappa shape index (κ3) is 3.27. The predicted octanol–water partition coefficient (Wildman–Crippen LogP) is 3.64. The van der Waals surface area contributed by atoms with Crippen LogP contribution in [0, 0.1) is 5.41 Å². The Balaban J connectivity index is 1.56. The molecule has 6 heteroatoms. The van der Waals surface area contributed by atoms with Crippen molar-refractivity contribution in [3.63, 3.8) is 0 Å². The molecule has 2 fully saturated rings. The molecule has 0 saturated carbocycles. The summed E-state index contributed by atoms with van der Waals surface area (Å²) in [6.45, 7) is 4.56. The van der Waals surface area contributed by atoms with Gasteiger partial charge in [-0.1, -0.05) is 11.6 Å². The van der Waals surface area contributed by atoms with Crippen LogP contribution in [0.2, 0.25) is 5.02 Å². The van der Waals surface area contributed by atoms with E-state index in [2.05, 4.69) is 22.2 Å². The van der Waals surface area contributed by atoms with Crippen LogP contribution in [-0.4, -0.2) is 55.1 Å². The van der Waals surface area contributed by atoms with Gasteiger partial charge in [-0.2, -0.15) is 4.98 Å². The van der Waals surface area contributed by atoms with E-state index in [0.717, 1.165) is 35.8 Å². The van der Waals surface area contributed by atoms with E-state index in [-0.39, 0.29) is 0 Å². The number of piperidine rings is 2. The molecule has 0 bridgehead atoms. The van der Waals surface area contributed by atoms with Gasteiger partial charge < -0.3 is 15.1 Å². The molecule has 5 nitrogen and oxygen atoms in total. The van der Waals surface area contributed by atoms with E-state index in [1.807, 2.05) is 25.2 Å². The van der Waals surface area contributed by atoms with Gasteiger partial charge in [-0.3, -0.25) is 0 Å². The quantitative estimate of drug-likeness (QED) is 0.886. The van der Waals surface area contributed by atoms with Gasteiger partial charge in [0.15, 0.2) is 0 Å². The van der Waals surface area contributed by atoms with Gasteiger partial charge in [0.05, 0.1) is 5.52 Å². The second-order valence-electron chi connectivity index (χ2n) is 7.57. The molecule has 0 aliphatic carbocycles. The van der Waals surface area contributed by atoms with E-state index >= 15 is 0 Å². The van der Waals surface area contributed by atoms with Crippen LogP contribution in [0.15, 0.2) is 18.2 Å². The summed E-state index contributed by atoms with van der Waals surface area (Å²) in [4.78, 5) is 14.4. The van der Waals surface area contributed by atoms with E-state index in [0.29, 0.717) is 10.4 Å². The van der Waals surface area contributed by atoms with Crippen molar-refractivity contribution >= 4 is 34.3 Å². The molecule has 4 rings (SSSR count). The van der Waals surface area contributed by atoms with Crippen LogP contribution in [0.25, 0.3) is 10.9 Å². The SMILES string of the molecule is CNc1nc(N2CCC3(CCN(C)CC3)CC2)nc2ccc(Cl)cc12. The minimum Gasteiger partial charge on any atom is -0.372 e. The Kier molecular flexibility index (Phi) is 4.46. The summed E-state index contributed by atoms with van der Waals surface area (Å²) in [6, 6.07) is 5.80. The van der Waals surface area contributed by atoms with Gasteiger partial charge in [-0.05, 0) is 69.4 Å². The molecule has 2 aromatic rings. The second-order valence-corrected chi connectivity index (χ2v) is 8.01. The number of nitrogens with zero attached hydrogens (tertiary/aromatic N) is 4. The molecule has 0 radical (unpaired) electrons. The zero-order chi connectivity index (χ0) is 17.4. The number of hydrogen-bond donors (Lipinski definition) is 1. The molecular weight excluding hydrogens is 334 g/mol. The lowest BCUT2D eigenvalue weighted by Crippen LogP contribution is -2.46. The summed E-state index contributed by atoms with van der Waals surface area (Å²) in [5.74, 6) is 1.68. The van der Waals surface area contributed by atoms with Crippen molar-refractivity contribution in [1.29, 1.82) is 0 Å². The standard InChI is InChI=1S/C19H26ClN5/c1-21-17-15-13-14(20)3-4-16(15)22-18(23-17)25-11-7-19(8-12-25)5-9-24(2)10-6-19/h3-4,13H,5-12H2,1-2H3,(H,21,22,23). The highest BCUT2D eigenvalue weighted by atomic mass is 35.5. The topological polar surface area (TPSA) is 44.3 Å². The Labute approximate surface area is 154 Å². The minimum absolute atomic E-state index is 0.541. The predicted molar refractivity (Wildman–Crippen MR) is 105 cm³/mol. The number of anilines is 2. The van der Waals surface area contributed by atoms with Crippen LogP contribution in [0.5, 0.6) is 0 Å². The molecule has 3 heterocycles. The summed E-state index contributed by atoms with van der Waals surface area (Å²) in [6.07, 6.45) is 5.15. The molecule has 134 valence electrons. The number of benzene rings is 1. The average Bonchev–Trinajstić information content (AvgIpc) is 2.64. The third-order valence-corrected chi connectivity index (χ3v) is 6.27. The van der Waals surface area contributed by atoms with E-state index in [9.17, 15) is 0 Å². The summed E-state index contributed by atoms with van der Waals surface area (Å²) < 4.78 is 0. The van der Waals surface area contributed by atoms with Crippen LogP contribution in [-0.2, 0) is 0 Å². The first-order valence-corrected chi connectivity index (χ1v) is 9.55. The van der Waals surface area contributed by atoms with E-state index < -0.39 is 0 Å². The van der Waals surface area contributed by atoms with Gasteiger partial charge in [-0.25, -0.2) is 4.98 Å². The fourth-order valence-corrected chi connectivity index (χ4v) is 4.37. The molecule has 0 unspecified atom stereocenters. The first kappa shape index (κ1) is 16.9.